The zero-order valence-corrected chi connectivity index (χ0v) is 26.8. The Labute approximate surface area is 262 Å². The van der Waals surface area contributed by atoms with E-state index in [1.807, 2.05) is 32.2 Å². The van der Waals surface area contributed by atoms with Gasteiger partial charge in [-0.15, -0.1) is 0 Å². The third kappa shape index (κ3) is 7.89. The van der Waals surface area contributed by atoms with Gasteiger partial charge in [0.1, 0.15) is 18.1 Å². The molecule has 44 heavy (non-hydrogen) atoms. The van der Waals surface area contributed by atoms with E-state index in [0.717, 1.165) is 72.9 Å². The summed E-state index contributed by atoms with van der Waals surface area (Å²) in [6.45, 7) is 5.86. The number of fused-ring (bicyclic) bond motifs is 2. The largest absolute Gasteiger partial charge is 0.504 e. The number of unbranched alkanes of at least 4 members (excludes halogenated alkanes) is 1. The molecule has 3 aromatic rings. The van der Waals surface area contributed by atoms with Crippen molar-refractivity contribution in [2.45, 2.75) is 103 Å². The summed E-state index contributed by atoms with van der Waals surface area (Å²) >= 11 is 0. The summed E-state index contributed by atoms with van der Waals surface area (Å²) in [7, 11) is 1.95. The van der Waals surface area contributed by atoms with Crippen molar-refractivity contribution in [1.29, 1.82) is 0 Å². The van der Waals surface area contributed by atoms with E-state index in [4.69, 9.17) is 9.15 Å². The molecular formula is C36H53N3O5. The number of furan rings is 1. The highest BCUT2D eigenvalue weighted by Gasteiger charge is 2.38. The number of hydrogen-bond acceptors (Lipinski definition) is 7. The highest BCUT2D eigenvalue weighted by atomic mass is 16.5. The molecule has 6 N–H and O–H groups in total. The van der Waals surface area contributed by atoms with E-state index in [1.165, 1.54) is 36.9 Å². The highest BCUT2D eigenvalue weighted by molar-refractivity contribution is 5.42. The van der Waals surface area contributed by atoms with Crippen molar-refractivity contribution in [1.82, 2.24) is 15.6 Å². The predicted molar refractivity (Wildman–Crippen MR) is 173 cm³/mol. The monoisotopic (exact) mass is 607 g/mol. The van der Waals surface area contributed by atoms with Gasteiger partial charge in [-0.2, -0.15) is 0 Å². The number of aromatic hydroxyl groups is 1. The van der Waals surface area contributed by atoms with Gasteiger partial charge in [0, 0.05) is 48.8 Å². The predicted octanol–water partition coefficient (Wildman–Crippen LogP) is 5.69. The van der Waals surface area contributed by atoms with Gasteiger partial charge >= 0.3 is 0 Å². The highest BCUT2D eigenvalue weighted by Crippen LogP contribution is 2.47. The maximum atomic E-state index is 10.6. The molecular weight excluding hydrogens is 554 g/mol. The number of benzene rings is 1. The minimum Gasteiger partial charge on any atom is -0.504 e. The van der Waals surface area contributed by atoms with Crippen molar-refractivity contribution in [2.75, 3.05) is 26.7 Å². The summed E-state index contributed by atoms with van der Waals surface area (Å²) in [5, 5.41) is 37.1. The van der Waals surface area contributed by atoms with Crippen LogP contribution in [-0.2, 0) is 32.3 Å². The van der Waals surface area contributed by atoms with Gasteiger partial charge in [-0.05, 0) is 93.3 Å². The van der Waals surface area contributed by atoms with E-state index in [1.54, 1.807) is 6.07 Å². The van der Waals surface area contributed by atoms with Gasteiger partial charge in [-0.1, -0.05) is 32.3 Å². The molecule has 0 saturated heterocycles. The Kier molecular flexibility index (Phi) is 11.5. The molecule has 1 fully saturated rings. The van der Waals surface area contributed by atoms with E-state index >= 15 is 0 Å². The lowest BCUT2D eigenvalue weighted by molar-refractivity contribution is 0.188. The Bertz CT molecular complexity index is 1330. The number of aliphatic hydroxyl groups is 2. The molecule has 1 aromatic carbocycles. The lowest BCUT2D eigenvalue weighted by atomic mass is 9.80. The first kappa shape index (κ1) is 32.6. The van der Waals surface area contributed by atoms with Crippen molar-refractivity contribution in [2.24, 2.45) is 11.8 Å². The molecule has 8 heteroatoms. The van der Waals surface area contributed by atoms with Crippen LogP contribution in [0.3, 0.4) is 0 Å². The van der Waals surface area contributed by atoms with Gasteiger partial charge in [0.25, 0.3) is 0 Å². The molecule has 2 heterocycles. The molecule has 242 valence electrons. The standard InChI is InChI=1S/C36H53N3O5/c1-4-5-9-35-26(21-40)17-27(44-35)13-10-24-11-15-34(42)36(16-24)43-22-33(37-3)32-18-29-30(20-38-19-23(2)41)28-8-6-7-25(28)12-14-31(29)39-32/h11,15-18,23,25,28,30,33,37-42H,4-10,12-14,19-22H2,1-3H3. The molecule has 5 atom stereocenters. The zero-order chi connectivity index (χ0) is 31.1. The second kappa shape index (κ2) is 15.5. The minimum absolute atomic E-state index is 0.00217. The first-order valence-corrected chi connectivity index (χ1v) is 16.8. The Balaban J connectivity index is 1.24. The van der Waals surface area contributed by atoms with Crippen LogP contribution in [0.25, 0.3) is 0 Å². The van der Waals surface area contributed by atoms with E-state index in [2.05, 4.69) is 28.6 Å². The first-order valence-electron chi connectivity index (χ1n) is 16.8. The quantitative estimate of drug-likeness (QED) is 0.124. The van der Waals surface area contributed by atoms with Crippen LogP contribution in [0.15, 0.2) is 34.7 Å². The molecule has 0 spiro atoms. The minimum atomic E-state index is -0.352. The molecule has 2 aliphatic rings. The average Bonchev–Trinajstić information content (AvgIpc) is 3.74. The maximum absolute atomic E-state index is 10.6. The molecule has 0 radical (unpaired) electrons. The smallest absolute Gasteiger partial charge is 0.161 e. The van der Waals surface area contributed by atoms with Crippen molar-refractivity contribution in [3.8, 4) is 11.5 Å². The summed E-state index contributed by atoms with van der Waals surface area (Å²) in [5.41, 5.74) is 5.80. The number of aromatic nitrogens is 1. The molecule has 0 amide bonds. The van der Waals surface area contributed by atoms with Crippen molar-refractivity contribution >= 4 is 0 Å². The van der Waals surface area contributed by atoms with E-state index in [-0.39, 0.29) is 24.5 Å². The van der Waals surface area contributed by atoms with Crippen LogP contribution in [-0.4, -0.2) is 53.2 Å². The number of H-pyrrole nitrogens is 1. The number of phenols is 1. The first-order chi connectivity index (χ1) is 21.4. The Morgan fingerprint density at radius 1 is 1.11 bits per heavy atom. The number of aromatic amines is 1. The Morgan fingerprint density at radius 3 is 2.75 bits per heavy atom. The number of phenolic OH excluding ortho intramolecular Hbond substituents is 1. The van der Waals surface area contributed by atoms with Gasteiger partial charge in [-0.3, -0.25) is 0 Å². The van der Waals surface area contributed by atoms with Gasteiger partial charge in [0.15, 0.2) is 11.5 Å². The topological polar surface area (TPSA) is 123 Å². The third-order valence-electron chi connectivity index (χ3n) is 9.85. The van der Waals surface area contributed by atoms with Crippen molar-refractivity contribution in [3.05, 3.63) is 69.9 Å². The Hall–Kier alpha value is -2.78. The summed E-state index contributed by atoms with van der Waals surface area (Å²) in [4.78, 5) is 3.76. The lowest BCUT2D eigenvalue weighted by Gasteiger charge is -2.27. The van der Waals surface area contributed by atoms with E-state index in [9.17, 15) is 15.3 Å². The summed E-state index contributed by atoms with van der Waals surface area (Å²) in [5.74, 6) is 4.28. The van der Waals surface area contributed by atoms with Gasteiger partial charge in [0.05, 0.1) is 18.8 Å². The van der Waals surface area contributed by atoms with E-state index in [0.29, 0.717) is 37.2 Å². The van der Waals surface area contributed by atoms with Crippen LogP contribution < -0.4 is 15.4 Å². The summed E-state index contributed by atoms with van der Waals surface area (Å²) in [6.07, 6.45) is 10.3. The fraction of sp³-hybridized carbons (Fsp3) is 0.611. The van der Waals surface area contributed by atoms with Crippen LogP contribution in [0.1, 0.15) is 104 Å². The molecule has 5 unspecified atom stereocenters. The number of hydrogen-bond donors (Lipinski definition) is 6. The molecule has 5 rings (SSSR count). The normalized spacial score (nSPS) is 21.1. The van der Waals surface area contributed by atoms with Gasteiger partial charge in [0.2, 0.25) is 0 Å². The van der Waals surface area contributed by atoms with Crippen molar-refractivity contribution in [3.63, 3.8) is 0 Å². The third-order valence-corrected chi connectivity index (χ3v) is 9.85. The number of aryl methyl sites for hydroxylation is 4. The van der Waals surface area contributed by atoms with Crippen LogP contribution in [0.2, 0.25) is 0 Å². The summed E-state index contributed by atoms with van der Waals surface area (Å²) in [6, 6.07) is 9.80. The number of rotatable bonds is 16. The fourth-order valence-electron chi connectivity index (χ4n) is 7.42. The number of nitrogens with one attached hydrogen (secondary N) is 3. The van der Waals surface area contributed by atoms with Crippen LogP contribution in [0, 0.1) is 11.8 Å². The lowest BCUT2D eigenvalue weighted by Crippen LogP contribution is -2.32. The SMILES string of the molecule is CCCCc1oc(CCc2ccc(O)c(OCC(NC)c3cc4c([nH]3)CCC3CCCC3C4CNCC(C)O)c2)cc1CO. The van der Waals surface area contributed by atoms with Crippen LogP contribution in [0.4, 0.5) is 0 Å². The van der Waals surface area contributed by atoms with Crippen LogP contribution in [0.5, 0.6) is 11.5 Å². The molecule has 2 aromatic heterocycles. The zero-order valence-electron chi connectivity index (χ0n) is 26.8. The number of aliphatic hydroxyl groups excluding tert-OH is 2. The van der Waals surface area contributed by atoms with Gasteiger partial charge < -0.3 is 40.1 Å². The molecule has 0 aliphatic heterocycles. The van der Waals surface area contributed by atoms with Gasteiger partial charge in [-0.25, -0.2) is 0 Å². The number of ether oxygens (including phenoxy) is 1. The molecule has 8 nitrogen and oxygen atoms in total. The van der Waals surface area contributed by atoms with Crippen molar-refractivity contribution < 1.29 is 24.5 Å². The second-order valence-electron chi connectivity index (χ2n) is 13.0. The molecule has 2 aliphatic carbocycles. The summed E-state index contributed by atoms with van der Waals surface area (Å²) < 4.78 is 12.3. The molecule has 1 saturated carbocycles. The Morgan fingerprint density at radius 2 is 1.98 bits per heavy atom. The average molecular weight is 608 g/mol. The fourth-order valence-corrected chi connectivity index (χ4v) is 7.42. The van der Waals surface area contributed by atoms with Crippen LogP contribution >= 0.6 is 0 Å². The number of likely N-dealkylation sites (N-methyl/N-ethyl adjacent to an activating group) is 1. The molecule has 0 bridgehead atoms. The maximum Gasteiger partial charge on any atom is 0.161 e. The second-order valence-corrected chi connectivity index (χ2v) is 13.0. The van der Waals surface area contributed by atoms with E-state index < -0.39 is 0 Å².